The number of nitrogens with one attached hydrogen (secondary N) is 1. The van der Waals surface area contributed by atoms with Crippen molar-refractivity contribution in [2.45, 2.75) is 32.8 Å². The van der Waals surface area contributed by atoms with Gasteiger partial charge in [0.1, 0.15) is 11.0 Å². The van der Waals surface area contributed by atoms with Crippen LogP contribution in [0.5, 0.6) is 0 Å². The predicted molar refractivity (Wildman–Crippen MR) is 86.0 cm³/mol. The van der Waals surface area contributed by atoms with Gasteiger partial charge in [-0.1, -0.05) is 38.3 Å². The average molecular weight is 314 g/mol. The summed E-state index contributed by atoms with van der Waals surface area (Å²) in [5.74, 6) is 0.560. The lowest BCUT2D eigenvalue weighted by molar-refractivity contribution is 0.0816. The number of halogens is 1. The Balaban J connectivity index is 2.72. The van der Waals surface area contributed by atoms with Crippen molar-refractivity contribution >= 4 is 23.3 Å². The summed E-state index contributed by atoms with van der Waals surface area (Å²) in [4.78, 5) is 18.1. The van der Waals surface area contributed by atoms with Crippen LogP contribution in [0.3, 0.4) is 0 Å². The number of hydrogen-bond acceptors (Lipinski definition) is 4. The van der Waals surface area contributed by atoms with Crippen LogP contribution in [-0.4, -0.2) is 42.7 Å². The largest absolute Gasteiger partial charge is 0.391 e. The van der Waals surface area contributed by atoms with Gasteiger partial charge >= 0.3 is 0 Å². The van der Waals surface area contributed by atoms with Crippen molar-refractivity contribution in [3.63, 3.8) is 0 Å². The molecule has 0 aliphatic rings. The molecule has 1 aromatic rings. The van der Waals surface area contributed by atoms with Crippen molar-refractivity contribution in [2.75, 3.05) is 25.5 Å². The van der Waals surface area contributed by atoms with E-state index >= 15 is 0 Å². The summed E-state index contributed by atoms with van der Waals surface area (Å²) in [6.45, 7) is 4.30. The Bertz CT molecular complexity index is 476. The number of carbonyl (C=O) groups excluding carboxylic acids is 1. The predicted octanol–water partition coefficient (Wildman–Crippen LogP) is 2.33. The maximum Gasteiger partial charge on any atom is 0.251 e. The highest BCUT2D eigenvalue weighted by Crippen LogP contribution is 2.17. The van der Waals surface area contributed by atoms with Crippen LogP contribution in [0.4, 0.5) is 5.82 Å². The molecule has 0 radical (unpaired) electrons. The van der Waals surface area contributed by atoms with Gasteiger partial charge in [0, 0.05) is 26.2 Å². The molecule has 0 saturated carbocycles. The number of pyridine rings is 1. The number of carbonyl (C=O) groups is 1. The second kappa shape index (κ2) is 8.20. The van der Waals surface area contributed by atoms with Gasteiger partial charge in [-0.3, -0.25) is 4.79 Å². The molecular formula is C15H24ClN3O2. The average Bonchev–Trinajstić information content (AvgIpc) is 2.45. The number of aromatic nitrogens is 1. The topological polar surface area (TPSA) is 65.5 Å². The van der Waals surface area contributed by atoms with Gasteiger partial charge in [0.05, 0.1) is 6.10 Å². The van der Waals surface area contributed by atoms with E-state index in [1.807, 2.05) is 27.9 Å². The normalized spacial score (nSPS) is 12.3. The molecule has 1 aromatic heterocycles. The summed E-state index contributed by atoms with van der Waals surface area (Å²) < 4.78 is 0. The van der Waals surface area contributed by atoms with Crippen molar-refractivity contribution in [2.24, 2.45) is 5.92 Å². The van der Waals surface area contributed by atoms with Crippen molar-refractivity contribution in [1.29, 1.82) is 0 Å². The van der Waals surface area contributed by atoms with Gasteiger partial charge < -0.3 is 15.3 Å². The van der Waals surface area contributed by atoms with E-state index in [9.17, 15) is 9.90 Å². The number of amides is 1. The van der Waals surface area contributed by atoms with Crippen LogP contribution in [0, 0.1) is 5.92 Å². The second-order valence-electron chi connectivity index (χ2n) is 5.29. The highest BCUT2D eigenvalue weighted by atomic mass is 35.5. The van der Waals surface area contributed by atoms with E-state index in [0.717, 1.165) is 12.8 Å². The highest BCUT2D eigenvalue weighted by molar-refractivity contribution is 6.29. The molecule has 0 saturated heterocycles. The Kier molecular flexibility index (Phi) is 6.92. The Hall–Kier alpha value is -1.33. The molecule has 1 heterocycles. The third-order valence-corrected chi connectivity index (χ3v) is 3.76. The SMILES string of the molecule is CCC(CC)C(O)CNC(=O)c1cc(Cl)nc(N(C)C)c1. The monoisotopic (exact) mass is 313 g/mol. The van der Waals surface area contributed by atoms with Gasteiger partial charge in [-0.05, 0) is 18.1 Å². The smallest absolute Gasteiger partial charge is 0.251 e. The molecule has 1 amide bonds. The van der Waals surface area contributed by atoms with Crippen molar-refractivity contribution in [3.8, 4) is 0 Å². The zero-order chi connectivity index (χ0) is 16.0. The number of rotatable bonds is 7. The van der Waals surface area contributed by atoms with E-state index in [4.69, 9.17) is 11.6 Å². The van der Waals surface area contributed by atoms with E-state index < -0.39 is 6.10 Å². The zero-order valence-corrected chi connectivity index (χ0v) is 13.8. The third-order valence-electron chi connectivity index (χ3n) is 3.57. The van der Waals surface area contributed by atoms with Gasteiger partial charge in [-0.15, -0.1) is 0 Å². The van der Waals surface area contributed by atoms with Crippen molar-refractivity contribution in [1.82, 2.24) is 10.3 Å². The molecule has 0 aromatic carbocycles. The molecule has 21 heavy (non-hydrogen) atoms. The van der Waals surface area contributed by atoms with Crippen LogP contribution in [0.1, 0.15) is 37.0 Å². The molecule has 0 spiro atoms. The molecule has 1 unspecified atom stereocenters. The summed E-state index contributed by atoms with van der Waals surface area (Å²) in [7, 11) is 3.66. The van der Waals surface area contributed by atoms with Gasteiger partial charge in [0.25, 0.3) is 5.91 Å². The lowest BCUT2D eigenvalue weighted by Crippen LogP contribution is -2.36. The van der Waals surface area contributed by atoms with E-state index in [2.05, 4.69) is 10.3 Å². The summed E-state index contributed by atoms with van der Waals surface area (Å²) in [5.41, 5.74) is 0.440. The van der Waals surface area contributed by atoms with Gasteiger partial charge in [0.15, 0.2) is 0 Å². The molecule has 6 heteroatoms. The Morgan fingerprint density at radius 1 is 1.38 bits per heavy atom. The van der Waals surface area contributed by atoms with Crippen LogP contribution in [-0.2, 0) is 0 Å². The minimum Gasteiger partial charge on any atom is -0.391 e. The molecule has 1 rings (SSSR count). The molecular weight excluding hydrogens is 290 g/mol. The summed E-state index contributed by atoms with van der Waals surface area (Å²) in [6.07, 6.45) is 1.24. The Labute approximate surface area is 131 Å². The van der Waals surface area contributed by atoms with Crippen LogP contribution >= 0.6 is 11.6 Å². The number of aliphatic hydroxyl groups excluding tert-OH is 1. The summed E-state index contributed by atoms with van der Waals surface area (Å²) in [6, 6.07) is 3.19. The van der Waals surface area contributed by atoms with Crippen LogP contribution < -0.4 is 10.2 Å². The molecule has 0 aliphatic heterocycles. The number of nitrogens with zero attached hydrogens (tertiary/aromatic N) is 2. The maximum atomic E-state index is 12.1. The minimum absolute atomic E-state index is 0.198. The number of aliphatic hydroxyl groups is 1. The Morgan fingerprint density at radius 2 is 2.00 bits per heavy atom. The van der Waals surface area contributed by atoms with Gasteiger partial charge in [-0.2, -0.15) is 0 Å². The van der Waals surface area contributed by atoms with Crippen molar-refractivity contribution in [3.05, 3.63) is 22.8 Å². The molecule has 0 aliphatic carbocycles. The molecule has 2 N–H and O–H groups in total. The minimum atomic E-state index is -0.533. The first-order valence-electron chi connectivity index (χ1n) is 7.20. The second-order valence-corrected chi connectivity index (χ2v) is 5.67. The fraction of sp³-hybridized carbons (Fsp3) is 0.600. The molecule has 118 valence electrons. The maximum absolute atomic E-state index is 12.1. The highest BCUT2D eigenvalue weighted by Gasteiger charge is 2.17. The third kappa shape index (κ3) is 5.17. The van der Waals surface area contributed by atoms with E-state index in [0.29, 0.717) is 11.4 Å². The molecule has 5 nitrogen and oxygen atoms in total. The number of hydrogen-bond donors (Lipinski definition) is 2. The fourth-order valence-electron chi connectivity index (χ4n) is 2.14. The molecule has 1 atom stereocenters. The first-order valence-corrected chi connectivity index (χ1v) is 7.58. The van der Waals surface area contributed by atoms with Crippen LogP contribution in [0.15, 0.2) is 12.1 Å². The van der Waals surface area contributed by atoms with Gasteiger partial charge in [-0.25, -0.2) is 4.98 Å². The first kappa shape index (κ1) is 17.7. The zero-order valence-electron chi connectivity index (χ0n) is 13.1. The summed E-state index contributed by atoms with van der Waals surface area (Å²) >= 11 is 5.93. The quantitative estimate of drug-likeness (QED) is 0.758. The number of anilines is 1. The lowest BCUT2D eigenvalue weighted by Gasteiger charge is -2.20. The summed E-state index contributed by atoms with van der Waals surface area (Å²) in [5, 5.41) is 13.1. The Morgan fingerprint density at radius 3 is 2.52 bits per heavy atom. The fourth-order valence-corrected chi connectivity index (χ4v) is 2.35. The molecule has 0 fully saturated rings. The van der Waals surface area contributed by atoms with Crippen LogP contribution in [0.2, 0.25) is 5.15 Å². The van der Waals surface area contributed by atoms with Gasteiger partial charge in [0.2, 0.25) is 0 Å². The van der Waals surface area contributed by atoms with E-state index in [1.54, 1.807) is 11.0 Å². The molecule has 0 bridgehead atoms. The van der Waals surface area contributed by atoms with E-state index in [1.165, 1.54) is 6.07 Å². The first-order chi connectivity index (χ1) is 9.88. The van der Waals surface area contributed by atoms with E-state index in [-0.39, 0.29) is 23.5 Å². The van der Waals surface area contributed by atoms with Crippen molar-refractivity contribution < 1.29 is 9.90 Å². The standard InChI is InChI=1S/C15H24ClN3O2/c1-5-10(6-2)12(20)9-17-15(21)11-7-13(16)18-14(8-11)19(3)4/h7-8,10,12,20H,5-6,9H2,1-4H3,(H,17,21). The lowest BCUT2D eigenvalue weighted by atomic mass is 9.96. The van der Waals surface area contributed by atoms with Crippen LogP contribution in [0.25, 0.3) is 0 Å².